The number of unbranched alkanes of at least 4 members (excludes halogenated alkanes) is 2. The Morgan fingerprint density at radius 1 is 1.44 bits per heavy atom. The Morgan fingerprint density at radius 3 is 3.06 bits per heavy atom. The fraction of sp³-hybridized carbons (Fsp3) is 0.500. The van der Waals surface area contributed by atoms with Crippen LogP contribution in [-0.4, -0.2) is 12.5 Å². The van der Waals surface area contributed by atoms with Gasteiger partial charge in [0, 0.05) is 4.83 Å². The number of halogens is 1. The summed E-state index contributed by atoms with van der Waals surface area (Å²) in [5.74, 6) is 0.670. The van der Waals surface area contributed by atoms with Crippen molar-refractivity contribution in [3.05, 3.63) is 23.8 Å². The number of rotatable bonds is 5. The third kappa shape index (κ3) is 3.25. The smallest absolute Gasteiger partial charge is 0.262 e. The predicted molar refractivity (Wildman–Crippen MR) is 76.4 cm³/mol. The van der Waals surface area contributed by atoms with E-state index in [4.69, 9.17) is 4.74 Å². The minimum Gasteiger partial charge on any atom is -0.482 e. The number of ether oxygens (including phenoxy) is 1. The van der Waals surface area contributed by atoms with Gasteiger partial charge in [0.05, 0.1) is 5.69 Å². The Balaban J connectivity index is 2.05. The first-order valence-electron chi connectivity index (χ1n) is 6.41. The molecule has 98 valence electrons. The van der Waals surface area contributed by atoms with Crippen molar-refractivity contribution in [2.45, 2.75) is 37.4 Å². The molecule has 0 aromatic heterocycles. The second-order valence-electron chi connectivity index (χ2n) is 4.56. The Hall–Kier alpha value is -1.03. The van der Waals surface area contributed by atoms with Gasteiger partial charge in [0.25, 0.3) is 5.91 Å². The molecule has 1 N–H and O–H groups in total. The molecule has 1 aliphatic rings. The Kier molecular flexibility index (Phi) is 4.64. The molecule has 0 radical (unpaired) electrons. The molecular formula is C14H18BrNO2. The number of alkyl halides is 1. The van der Waals surface area contributed by atoms with Gasteiger partial charge in [-0.1, -0.05) is 48.2 Å². The first kappa shape index (κ1) is 13.4. The van der Waals surface area contributed by atoms with Gasteiger partial charge in [-0.2, -0.15) is 0 Å². The SMILES string of the molecule is CCCCCC(Br)c1ccc2c(c1)NC(=O)CO2. The number of anilines is 1. The number of benzene rings is 1. The van der Waals surface area contributed by atoms with Crippen LogP contribution >= 0.6 is 15.9 Å². The van der Waals surface area contributed by atoms with Crippen LogP contribution in [0.25, 0.3) is 0 Å². The van der Waals surface area contributed by atoms with E-state index in [1.54, 1.807) is 0 Å². The first-order chi connectivity index (χ1) is 8.70. The Bertz CT molecular complexity index is 434. The molecule has 1 aliphatic heterocycles. The summed E-state index contributed by atoms with van der Waals surface area (Å²) in [7, 11) is 0. The summed E-state index contributed by atoms with van der Waals surface area (Å²) in [4.78, 5) is 11.6. The molecule has 2 rings (SSSR count). The number of hydrogen-bond donors (Lipinski definition) is 1. The van der Waals surface area contributed by atoms with Gasteiger partial charge in [-0.3, -0.25) is 4.79 Å². The van der Waals surface area contributed by atoms with Crippen LogP contribution in [0.5, 0.6) is 5.75 Å². The van der Waals surface area contributed by atoms with E-state index >= 15 is 0 Å². The zero-order valence-corrected chi connectivity index (χ0v) is 12.1. The maximum atomic E-state index is 11.3. The lowest BCUT2D eigenvalue weighted by Crippen LogP contribution is -2.25. The summed E-state index contributed by atoms with van der Waals surface area (Å²) in [6, 6.07) is 5.98. The van der Waals surface area contributed by atoms with Crippen molar-refractivity contribution in [3.8, 4) is 5.75 Å². The molecule has 1 aromatic carbocycles. The van der Waals surface area contributed by atoms with Gasteiger partial charge in [-0.15, -0.1) is 0 Å². The number of carbonyl (C=O) groups is 1. The molecule has 0 spiro atoms. The van der Waals surface area contributed by atoms with Crippen molar-refractivity contribution >= 4 is 27.5 Å². The van der Waals surface area contributed by atoms with Crippen LogP contribution in [0.4, 0.5) is 5.69 Å². The van der Waals surface area contributed by atoms with Crippen LogP contribution in [0.2, 0.25) is 0 Å². The lowest BCUT2D eigenvalue weighted by atomic mass is 10.0. The molecule has 1 aromatic rings. The zero-order valence-electron chi connectivity index (χ0n) is 10.5. The highest BCUT2D eigenvalue weighted by Gasteiger charge is 2.17. The van der Waals surface area contributed by atoms with Crippen molar-refractivity contribution in [2.24, 2.45) is 0 Å². The van der Waals surface area contributed by atoms with Crippen LogP contribution in [-0.2, 0) is 4.79 Å². The number of hydrogen-bond acceptors (Lipinski definition) is 2. The van der Waals surface area contributed by atoms with E-state index in [0.29, 0.717) is 4.83 Å². The van der Waals surface area contributed by atoms with Gasteiger partial charge in [-0.05, 0) is 24.1 Å². The molecule has 0 bridgehead atoms. The van der Waals surface area contributed by atoms with E-state index in [1.807, 2.05) is 12.1 Å². The highest BCUT2D eigenvalue weighted by molar-refractivity contribution is 9.09. The highest BCUT2D eigenvalue weighted by atomic mass is 79.9. The molecule has 0 saturated heterocycles. The van der Waals surface area contributed by atoms with E-state index in [-0.39, 0.29) is 12.5 Å². The molecule has 1 unspecified atom stereocenters. The number of carbonyl (C=O) groups excluding carboxylic acids is 1. The fourth-order valence-corrected chi connectivity index (χ4v) is 2.64. The van der Waals surface area contributed by atoms with Gasteiger partial charge >= 0.3 is 0 Å². The summed E-state index contributed by atoms with van der Waals surface area (Å²) in [6.07, 6.45) is 4.81. The molecule has 3 nitrogen and oxygen atoms in total. The monoisotopic (exact) mass is 311 g/mol. The fourth-order valence-electron chi connectivity index (χ4n) is 2.04. The van der Waals surface area contributed by atoms with Crippen LogP contribution < -0.4 is 10.1 Å². The standard InChI is InChI=1S/C14H18BrNO2/c1-2-3-4-5-11(15)10-6-7-13-12(8-10)16-14(17)9-18-13/h6-8,11H,2-5,9H2,1H3,(H,16,17). The van der Waals surface area contributed by atoms with E-state index in [2.05, 4.69) is 34.2 Å². The molecule has 1 atom stereocenters. The van der Waals surface area contributed by atoms with Gasteiger partial charge in [0.1, 0.15) is 5.75 Å². The summed E-state index contributed by atoms with van der Waals surface area (Å²) in [5.41, 5.74) is 1.97. The van der Waals surface area contributed by atoms with Crippen molar-refractivity contribution in [3.63, 3.8) is 0 Å². The average Bonchev–Trinajstić information content (AvgIpc) is 2.38. The van der Waals surface area contributed by atoms with E-state index in [9.17, 15) is 4.79 Å². The molecule has 4 heteroatoms. The van der Waals surface area contributed by atoms with E-state index in [1.165, 1.54) is 24.8 Å². The third-order valence-electron chi connectivity index (χ3n) is 3.06. The van der Waals surface area contributed by atoms with Gasteiger partial charge in [0.15, 0.2) is 6.61 Å². The molecule has 1 heterocycles. The number of fused-ring (bicyclic) bond motifs is 1. The van der Waals surface area contributed by atoms with Crippen LogP contribution in [0.3, 0.4) is 0 Å². The van der Waals surface area contributed by atoms with E-state index in [0.717, 1.165) is 17.9 Å². The predicted octanol–water partition coefficient (Wildman–Crippen LogP) is 4.03. The topological polar surface area (TPSA) is 38.3 Å². The van der Waals surface area contributed by atoms with Crippen LogP contribution in [0, 0.1) is 0 Å². The van der Waals surface area contributed by atoms with Gasteiger partial charge in [-0.25, -0.2) is 0 Å². The second-order valence-corrected chi connectivity index (χ2v) is 5.66. The number of nitrogens with one attached hydrogen (secondary N) is 1. The highest BCUT2D eigenvalue weighted by Crippen LogP contribution is 2.35. The van der Waals surface area contributed by atoms with Crippen LogP contribution in [0.1, 0.15) is 43.0 Å². The summed E-state index contributed by atoms with van der Waals surface area (Å²) in [5, 5.41) is 2.84. The Labute approximate surface area is 116 Å². The largest absolute Gasteiger partial charge is 0.482 e. The molecular weight excluding hydrogens is 294 g/mol. The van der Waals surface area contributed by atoms with Gasteiger partial charge in [0.2, 0.25) is 0 Å². The van der Waals surface area contributed by atoms with Crippen molar-refractivity contribution in [2.75, 3.05) is 11.9 Å². The molecule has 0 fully saturated rings. The minimum atomic E-state index is -0.0863. The van der Waals surface area contributed by atoms with Gasteiger partial charge < -0.3 is 10.1 Å². The van der Waals surface area contributed by atoms with Crippen molar-refractivity contribution in [1.29, 1.82) is 0 Å². The lowest BCUT2D eigenvalue weighted by molar-refractivity contribution is -0.118. The zero-order chi connectivity index (χ0) is 13.0. The quantitative estimate of drug-likeness (QED) is 0.658. The third-order valence-corrected chi connectivity index (χ3v) is 4.05. The van der Waals surface area contributed by atoms with E-state index < -0.39 is 0 Å². The molecule has 0 aliphatic carbocycles. The average molecular weight is 312 g/mol. The second kappa shape index (κ2) is 6.23. The maximum Gasteiger partial charge on any atom is 0.262 e. The summed E-state index contributed by atoms with van der Waals surface area (Å²) >= 11 is 3.71. The van der Waals surface area contributed by atoms with Crippen molar-refractivity contribution in [1.82, 2.24) is 0 Å². The maximum absolute atomic E-state index is 11.3. The molecule has 18 heavy (non-hydrogen) atoms. The number of amides is 1. The minimum absolute atomic E-state index is 0.0863. The van der Waals surface area contributed by atoms with Crippen molar-refractivity contribution < 1.29 is 9.53 Å². The summed E-state index contributed by atoms with van der Waals surface area (Å²) < 4.78 is 5.34. The lowest BCUT2D eigenvalue weighted by Gasteiger charge is -2.19. The first-order valence-corrected chi connectivity index (χ1v) is 7.33. The molecule has 0 saturated carbocycles. The van der Waals surface area contributed by atoms with Crippen LogP contribution in [0.15, 0.2) is 18.2 Å². The Morgan fingerprint density at radius 2 is 2.28 bits per heavy atom. The summed E-state index contributed by atoms with van der Waals surface area (Å²) in [6.45, 7) is 2.32. The normalized spacial score (nSPS) is 15.6. The molecule has 1 amide bonds.